The minimum Gasteiger partial charge on any atom is -0.490 e. The predicted molar refractivity (Wildman–Crippen MR) is 69.2 cm³/mol. The molecule has 0 bridgehead atoms. The van der Waals surface area contributed by atoms with Crippen molar-refractivity contribution < 1.29 is 13.2 Å². The second-order valence-corrected chi connectivity index (χ2v) is 6.72. The first-order chi connectivity index (χ1) is 8.43. The van der Waals surface area contributed by atoms with Crippen LogP contribution in [0, 0.1) is 6.92 Å². The lowest BCUT2D eigenvalue weighted by atomic mass is 10.4. The zero-order valence-electron chi connectivity index (χ0n) is 10.2. The van der Waals surface area contributed by atoms with Gasteiger partial charge in [-0.3, -0.25) is 0 Å². The molecule has 0 N–H and O–H groups in total. The summed E-state index contributed by atoms with van der Waals surface area (Å²) in [5, 5.41) is 0.244. The van der Waals surface area contributed by atoms with Crippen LogP contribution in [0.15, 0.2) is 0 Å². The molecule has 0 saturated carbocycles. The van der Waals surface area contributed by atoms with Gasteiger partial charge in [0.25, 0.3) is 0 Å². The van der Waals surface area contributed by atoms with Gasteiger partial charge in [-0.1, -0.05) is 11.6 Å². The number of anilines is 1. The Morgan fingerprint density at radius 3 is 2.44 bits per heavy atom. The molecule has 0 aromatic carbocycles. The zero-order chi connectivity index (χ0) is 13.3. The fourth-order valence-electron chi connectivity index (χ4n) is 1.83. The fraction of sp³-hybridized carbons (Fsp3) is 0.600. The van der Waals surface area contributed by atoms with Crippen LogP contribution < -0.4 is 9.64 Å². The number of ether oxygens (including phenoxy) is 1. The number of methoxy groups -OCH3 is 1. The maximum absolute atomic E-state index is 11.4. The highest BCUT2D eigenvalue weighted by Crippen LogP contribution is 2.32. The Labute approximate surface area is 111 Å². The summed E-state index contributed by atoms with van der Waals surface area (Å²) in [6, 6.07) is 0. The van der Waals surface area contributed by atoms with Crippen molar-refractivity contribution in [2.75, 3.05) is 36.6 Å². The first-order valence-corrected chi connectivity index (χ1v) is 7.66. The molecule has 100 valence electrons. The molecule has 0 radical (unpaired) electrons. The lowest BCUT2D eigenvalue weighted by Gasteiger charge is -2.29. The van der Waals surface area contributed by atoms with E-state index in [-0.39, 0.29) is 16.7 Å². The van der Waals surface area contributed by atoms with Crippen LogP contribution in [0.5, 0.6) is 5.75 Å². The molecule has 6 nitrogen and oxygen atoms in total. The molecule has 1 saturated heterocycles. The van der Waals surface area contributed by atoms with Crippen molar-refractivity contribution in [2.45, 2.75) is 6.92 Å². The Hall–Kier alpha value is -1.08. The Kier molecular flexibility index (Phi) is 3.63. The topological polar surface area (TPSA) is 72.4 Å². The minimum atomic E-state index is -2.92. The second kappa shape index (κ2) is 4.89. The van der Waals surface area contributed by atoms with Gasteiger partial charge in [0.15, 0.2) is 26.6 Å². The molecule has 2 rings (SSSR count). The second-order valence-electron chi connectivity index (χ2n) is 4.06. The van der Waals surface area contributed by atoms with E-state index in [1.807, 2.05) is 4.90 Å². The molecule has 1 aliphatic heterocycles. The summed E-state index contributed by atoms with van der Waals surface area (Å²) in [4.78, 5) is 10.2. The summed E-state index contributed by atoms with van der Waals surface area (Å²) in [6.07, 6.45) is 0. The van der Waals surface area contributed by atoms with Crippen molar-refractivity contribution in [2.24, 2.45) is 0 Å². The van der Waals surface area contributed by atoms with Crippen LogP contribution in [0.2, 0.25) is 5.15 Å². The number of halogens is 1. The van der Waals surface area contributed by atoms with Gasteiger partial charge in [0, 0.05) is 13.1 Å². The highest BCUT2D eigenvalue weighted by Gasteiger charge is 2.26. The molecule has 0 unspecified atom stereocenters. The molecular weight excluding hydrogens is 278 g/mol. The lowest BCUT2D eigenvalue weighted by Crippen LogP contribution is -2.41. The van der Waals surface area contributed by atoms with E-state index in [1.54, 1.807) is 6.92 Å². The van der Waals surface area contributed by atoms with E-state index in [1.165, 1.54) is 7.11 Å². The van der Waals surface area contributed by atoms with E-state index in [4.69, 9.17) is 16.3 Å². The number of hydrogen-bond donors (Lipinski definition) is 0. The Bertz CT molecular complexity index is 548. The van der Waals surface area contributed by atoms with Gasteiger partial charge in [-0.25, -0.2) is 18.4 Å². The average Bonchev–Trinajstić information content (AvgIpc) is 2.28. The van der Waals surface area contributed by atoms with Gasteiger partial charge < -0.3 is 9.64 Å². The van der Waals surface area contributed by atoms with Crippen LogP contribution in [-0.4, -0.2) is 50.1 Å². The smallest absolute Gasteiger partial charge is 0.199 e. The third-order valence-electron chi connectivity index (χ3n) is 2.77. The third-order valence-corrected chi connectivity index (χ3v) is 4.63. The molecule has 1 fully saturated rings. The standard InChI is InChI=1S/C10H14ClN3O3S/c1-7-12-9(11)8(17-2)10(13-7)14-3-5-18(15,16)6-4-14/h3-6H2,1-2H3. The van der Waals surface area contributed by atoms with Crippen LogP contribution in [0.1, 0.15) is 5.82 Å². The monoisotopic (exact) mass is 291 g/mol. The molecule has 0 aliphatic carbocycles. The SMILES string of the molecule is COc1c(Cl)nc(C)nc1N1CCS(=O)(=O)CC1. The third kappa shape index (κ3) is 2.67. The fourth-order valence-corrected chi connectivity index (χ4v) is 3.31. The Morgan fingerprint density at radius 1 is 1.28 bits per heavy atom. The summed E-state index contributed by atoms with van der Waals surface area (Å²) >= 11 is 5.99. The molecule has 18 heavy (non-hydrogen) atoms. The molecule has 2 heterocycles. The van der Waals surface area contributed by atoms with Crippen molar-refractivity contribution in [1.29, 1.82) is 0 Å². The van der Waals surface area contributed by atoms with Gasteiger partial charge in [-0.05, 0) is 6.92 Å². The van der Waals surface area contributed by atoms with E-state index in [0.717, 1.165) is 0 Å². The van der Waals surface area contributed by atoms with E-state index >= 15 is 0 Å². The van der Waals surface area contributed by atoms with E-state index < -0.39 is 9.84 Å². The largest absolute Gasteiger partial charge is 0.490 e. The molecule has 1 aromatic rings. The molecule has 1 aromatic heterocycles. The Balaban J connectivity index is 2.34. The maximum atomic E-state index is 11.4. The van der Waals surface area contributed by atoms with Gasteiger partial charge in [0.05, 0.1) is 18.6 Å². The molecule has 8 heteroatoms. The lowest BCUT2D eigenvalue weighted by molar-refractivity contribution is 0.410. The van der Waals surface area contributed by atoms with Crippen LogP contribution in [-0.2, 0) is 9.84 Å². The van der Waals surface area contributed by atoms with Gasteiger partial charge in [0.1, 0.15) is 5.82 Å². The van der Waals surface area contributed by atoms with Crippen LogP contribution in [0.4, 0.5) is 5.82 Å². The molecular formula is C10H14ClN3O3S. The normalized spacial score (nSPS) is 18.7. The summed E-state index contributed by atoms with van der Waals surface area (Å²) < 4.78 is 28.0. The first kappa shape index (κ1) is 13.4. The number of sulfone groups is 1. The molecule has 0 amide bonds. The van der Waals surface area contributed by atoms with E-state index in [2.05, 4.69) is 9.97 Å². The van der Waals surface area contributed by atoms with Gasteiger partial charge in [-0.15, -0.1) is 0 Å². The van der Waals surface area contributed by atoms with Crippen molar-refractivity contribution in [1.82, 2.24) is 9.97 Å². The number of rotatable bonds is 2. The summed E-state index contributed by atoms with van der Waals surface area (Å²) in [5.41, 5.74) is 0. The van der Waals surface area contributed by atoms with Crippen molar-refractivity contribution in [3.05, 3.63) is 11.0 Å². The maximum Gasteiger partial charge on any atom is 0.199 e. The predicted octanol–water partition coefficient (Wildman–Crippen LogP) is 0.682. The summed E-state index contributed by atoms with van der Waals surface area (Å²) in [6.45, 7) is 2.52. The Morgan fingerprint density at radius 2 is 1.89 bits per heavy atom. The van der Waals surface area contributed by atoms with Crippen LogP contribution in [0.3, 0.4) is 0 Å². The zero-order valence-corrected chi connectivity index (χ0v) is 11.8. The van der Waals surface area contributed by atoms with Crippen LogP contribution >= 0.6 is 11.6 Å². The van der Waals surface area contributed by atoms with Crippen LogP contribution in [0.25, 0.3) is 0 Å². The van der Waals surface area contributed by atoms with Crippen molar-refractivity contribution in [3.8, 4) is 5.75 Å². The van der Waals surface area contributed by atoms with Gasteiger partial charge >= 0.3 is 0 Å². The number of aromatic nitrogens is 2. The van der Waals surface area contributed by atoms with E-state index in [9.17, 15) is 8.42 Å². The molecule has 0 atom stereocenters. The average molecular weight is 292 g/mol. The van der Waals surface area contributed by atoms with Crippen molar-refractivity contribution >= 4 is 27.3 Å². The molecule has 0 spiro atoms. The number of nitrogens with zero attached hydrogens (tertiary/aromatic N) is 3. The van der Waals surface area contributed by atoms with Gasteiger partial charge in [-0.2, -0.15) is 0 Å². The minimum absolute atomic E-state index is 0.122. The number of hydrogen-bond acceptors (Lipinski definition) is 6. The van der Waals surface area contributed by atoms with E-state index in [0.29, 0.717) is 30.5 Å². The summed E-state index contributed by atoms with van der Waals surface area (Å²) in [5.74, 6) is 1.73. The first-order valence-electron chi connectivity index (χ1n) is 5.46. The van der Waals surface area contributed by atoms with Gasteiger partial charge in [0.2, 0.25) is 0 Å². The quantitative estimate of drug-likeness (QED) is 0.746. The number of aryl methyl sites for hydroxylation is 1. The highest BCUT2D eigenvalue weighted by atomic mass is 35.5. The summed E-state index contributed by atoms with van der Waals surface area (Å²) in [7, 11) is -1.43. The van der Waals surface area contributed by atoms with Crippen molar-refractivity contribution in [3.63, 3.8) is 0 Å². The highest BCUT2D eigenvalue weighted by molar-refractivity contribution is 7.91. The molecule has 1 aliphatic rings.